The zero-order valence-corrected chi connectivity index (χ0v) is 12.4. The maximum Gasteiger partial charge on any atom is 0.574 e. The van der Waals surface area contributed by atoms with Gasteiger partial charge in [0.15, 0.2) is 0 Å². The van der Waals surface area contributed by atoms with E-state index in [9.17, 15) is 31.1 Å². The quantitative estimate of drug-likeness (QED) is 0.438. The summed E-state index contributed by atoms with van der Waals surface area (Å²) < 4.78 is 84.0. The highest BCUT2D eigenvalue weighted by atomic mass is 79.9. The van der Waals surface area contributed by atoms with Crippen LogP contribution in [0.1, 0.15) is 28.4 Å². The summed E-state index contributed by atoms with van der Waals surface area (Å²) in [6.07, 6.45) is -9.87. The second kappa shape index (κ2) is 6.71. The molecule has 0 radical (unpaired) electrons. The van der Waals surface area contributed by atoms with Gasteiger partial charge < -0.3 is 9.47 Å². The van der Waals surface area contributed by atoms with Crippen molar-refractivity contribution in [2.75, 3.05) is 6.61 Å². The lowest BCUT2D eigenvalue weighted by Crippen LogP contribution is -2.24. The molecule has 0 spiro atoms. The van der Waals surface area contributed by atoms with Crippen molar-refractivity contribution in [3.8, 4) is 5.88 Å². The third-order valence-electron chi connectivity index (χ3n) is 2.24. The van der Waals surface area contributed by atoms with E-state index in [1.807, 2.05) is 0 Å². The van der Waals surface area contributed by atoms with E-state index in [0.717, 1.165) is 0 Å². The summed E-state index contributed by atoms with van der Waals surface area (Å²) in [5.74, 6) is -3.12. The molecule has 0 saturated heterocycles. The second-order valence-electron chi connectivity index (χ2n) is 3.74. The molecule has 4 nitrogen and oxygen atoms in total. The fourth-order valence-electron chi connectivity index (χ4n) is 1.54. The topological polar surface area (TPSA) is 48.4 Å². The summed E-state index contributed by atoms with van der Waals surface area (Å²) in [6, 6.07) is 0. The van der Waals surface area contributed by atoms with Gasteiger partial charge in [0, 0.05) is 11.5 Å². The number of nitrogens with zero attached hydrogens (tertiary/aromatic N) is 1. The van der Waals surface area contributed by atoms with Crippen LogP contribution in [-0.2, 0) is 16.2 Å². The van der Waals surface area contributed by atoms with Crippen molar-refractivity contribution in [1.29, 1.82) is 0 Å². The molecular formula is C11H8BrF6NO3. The van der Waals surface area contributed by atoms with Crippen molar-refractivity contribution < 1.29 is 40.6 Å². The molecule has 124 valence electrons. The van der Waals surface area contributed by atoms with Crippen molar-refractivity contribution >= 4 is 21.9 Å². The summed E-state index contributed by atoms with van der Waals surface area (Å²) >= 11 is 2.75. The molecule has 0 aliphatic rings. The number of halogens is 7. The Kier molecular flexibility index (Phi) is 5.65. The SMILES string of the molecule is CCOC(=O)c1c(OC(F)(F)F)ncc(CBr)c1C(F)(F)F. The van der Waals surface area contributed by atoms with Gasteiger partial charge >= 0.3 is 18.5 Å². The second-order valence-corrected chi connectivity index (χ2v) is 4.30. The standard InChI is InChI=1S/C11H8BrF6NO3/c1-2-21-9(20)6-7(10(13,14)15)5(3-12)4-19-8(6)22-11(16,17)18/h4H,2-3H2,1H3. The molecular weight excluding hydrogens is 388 g/mol. The number of aromatic nitrogens is 1. The van der Waals surface area contributed by atoms with E-state index >= 15 is 0 Å². The van der Waals surface area contributed by atoms with Gasteiger partial charge in [-0.25, -0.2) is 9.78 Å². The van der Waals surface area contributed by atoms with E-state index < -0.39 is 41.1 Å². The molecule has 0 bridgehead atoms. The zero-order chi connectivity index (χ0) is 17.1. The number of hydrogen-bond donors (Lipinski definition) is 0. The van der Waals surface area contributed by atoms with Gasteiger partial charge in [-0.2, -0.15) is 13.2 Å². The van der Waals surface area contributed by atoms with Crippen LogP contribution in [0.5, 0.6) is 5.88 Å². The van der Waals surface area contributed by atoms with Crippen molar-refractivity contribution in [1.82, 2.24) is 4.98 Å². The first-order valence-corrected chi connectivity index (χ1v) is 6.71. The molecule has 0 fully saturated rings. The van der Waals surface area contributed by atoms with Crippen molar-refractivity contribution in [3.05, 3.63) is 22.9 Å². The van der Waals surface area contributed by atoms with Gasteiger partial charge in [0.25, 0.3) is 0 Å². The normalized spacial score (nSPS) is 12.2. The number of carbonyl (C=O) groups is 1. The molecule has 0 saturated carbocycles. The molecule has 0 N–H and O–H groups in total. The smallest absolute Gasteiger partial charge is 0.462 e. The van der Waals surface area contributed by atoms with Gasteiger partial charge in [-0.3, -0.25) is 0 Å². The summed E-state index contributed by atoms with van der Waals surface area (Å²) in [4.78, 5) is 14.8. The number of esters is 1. The molecule has 1 rings (SSSR count). The van der Waals surface area contributed by atoms with Crippen LogP contribution in [0.25, 0.3) is 0 Å². The average molecular weight is 396 g/mol. The van der Waals surface area contributed by atoms with Crippen LogP contribution in [0.2, 0.25) is 0 Å². The maximum atomic E-state index is 13.1. The summed E-state index contributed by atoms with van der Waals surface area (Å²) in [5, 5.41) is -0.381. The minimum atomic E-state index is -5.31. The molecule has 1 aromatic heterocycles. The van der Waals surface area contributed by atoms with E-state index in [1.54, 1.807) is 0 Å². The van der Waals surface area contributed by atoms with Crippen LogP contribution < -0.4 is 4.74 Å². The number of carbonyl (C=O) groups excluding carboxylic acids is 1. The van der Waals surface area contributed by atoms with Crippen molar-refractivity contribution in [3.63, 3.8) is 0 Å². The largest absolute Gasteiger partial charge is 0.574 e. The van der Waals surface area contributed by atoms with Crippen LogP contribution in [-0.4, -0.2) is 23.9 Å². The first-order valence-electron chi connectivity index (χ1n) is 5.59. The van der Waals surface area contributed by atoms with Crippen molar-refractivity contribution in [2.45, 2.75) is 24.8 Å². The Morgan fingerprint density at radius 2 is 1.86 bits per heavy atom. The number of hydrogen-bond acceptors (Lipinski definition) is 4. The van der Waals surface area contributed by atoms with E-state index in [-0.39, 0.29) is 11.9 Å². The molecule has 0 amide bonds. The molecule has 11 heteroatoms. The number of alkyl halides is 7. The Bertz CT molecular complexity index is 558. The Morgan fingerprint density at radius 3 is 2.27 bits per heavy atom. The molecule has 22 heavy (non-hydrogen) atoms. The molecule has 0 unspecified atom stereocenters. The van der Waals surface area contributed by atoms with Gasteiger partial charge in [0.1, 0.15) is 5.56 Å². The average Bonchev–Trinajstić information content (AvgIpc) is 2.35. The third-order valence-corrected chi connectivity index (χ3v) is 2.85. The number of ether oxygens (including phenoxy) is 2. The minimum absolute atomic E-state index is 0.333. The van der Waals surface area contributed by atoms with E-state index in [2.05, 4.69) is 30.4 Å². The van der Waals surface area contributed by atoms with E-state index in [1.165, 1.54) is 6.92 Å². The highest BCUT2D eigenvalue weighted by molar-refractivity contribution is 9.08. The lowest BCUT2D eigenvalue weighted by atomic mass is 10.0. The van der Waals surface area contributed by atoms with Crippen molar-refractivity contribution in [2.24, 2.45) is 0 Å². The van der Waals surface area contributed by atoms with Gasteiger partial charge in [-0.15, -0.1) is 13.2 Å². The predicted molar refractivity (Wildman–Crippen MR) is 64.5 cm³/mol. The highest BCUT2D eigenvalue weighted by Crippen LogP contribution is 2.40. The molecule has 1 aromatic rings. The Morgan fingerprint density at radius 1 is 1.27 bits per heavy atom. The van der Waals surface area contributed by atoms with Crippen LogP contribution >= 0.6 is 15.9 Å². The fourth-order valence-corrected chi connectivity index (χ4v) is 1.96. The number of pyridine rings is 1. The lowest BCUT2D eigenvalue weighted by Gasteiger charge is -2.18. The number of rotatable bonds is 4. The Balaban J connectivity index is 3.62. The van der Waals surface area contributed by atoms with Crippen LogP contribution in [0, 0.1) is 0 Å². The molecule has 0 aliphatic heterocycles. The molecule has 0 aliphatic carbocycles. The van der Waals surface area contributed by atoms with Crippen LogP contribution in [0.4, 0.5) is 26.3 Å². The first kappa shape index (κ1) is 18.5. The summed E-state index contributed by atoms with van der Waals surface area (Å²) in [6.45, 7) is 0.956. The van der Waals surface area contributed by atoms with Gasteiger partial charge in [-0.1, -0.05) is 15.9 Å². The monoisotopic (exact) mass is 395 g/mol. The van der Waals surface area contributed by atoms with E-state index in [0.29, 0.717) is 6.20 Å². The Labute approximate surface area is 128 Å². The molecule has 0 atom stereocenters. The van der Waals surface area contributed by atoms with Crippen LogP contribution in [0.3, 0.4) is 0 Å². The highest BCUT2D eigenvalue weighted by Gasteiger charge is 2.43. The van der Waals surface area contributed by atoms with Crippen LogP contribution in [0.15, 0.2) is 6.20 Å². The van der Waals surface area contributed by atoms with Gasteiger partial charge in [0.2, 0.25) is 5.88 Å². The van der Waals surface area contributed by atoms with Gasteiger partial charge in [-0.05, 0) is 12.5 Å². The zero-order valence-electron chi connectivity index (χ0n) is 10.8. The fraction of sp³-hybridized carbons (Fsp3) is 0.455. The lowest BCUT2D eigenvalue weighted by molar-refractivity contribution is -0.276. The third kappa shape index (κ3) is 4.49. The summed E-state index contributed by atoms with van der Waals surface area (Å²) in [5.41, 5.74) is -3.52. The van der Waals surface area contributed by atoms with E-state index in [4.69, 9.17) is 0 Å². The first-order chi connectivity index (χ1) is 10.0. The Hall–Kier alpha value is -1.52. The molecule has 1 heterocycles. The minimum Gasteiger partial charge on any atom is -0.462 e. The molecule has 0 aromatic carbocycles. The van der Waals surface area contributed by atoms with Gasteiger partial charge in [0.05, 0.1) is 12.2 Å². The summed E-state index contributed by atoms with van der Waals surface area (Å²) in [7, 11) is 0. The maximum absolute atomic E-state index is 13.1. The predicted octanol–water partition coefficient (Wildman–Crippen LogP) is 4.07.